The number of likely N-dealkylation sites (tertiary alicyclic amines) is 1. The van der Waals surface area contributed by atoms with E-state index in [0.29, 0.717) is 32.6 Å². The fraction of sp³-hybridized carbons (Fsp3) is 0.765. The standard InChI is InChI=1S/C17H26FN5O3/c1-11(2)19-16(24)15-10-22(21-20-15)9-14-7-13(18)8-23(14)17(25)12-3-5-26-6-4-12/h10-14H,3-9H2,1-2H3,(H,19,24)/t13-,14-/m0/s1. The Bertz CT molecular complexity index is 644. The minimum absolute atomic E-state index is 0.00219. The zero-order valence-electron chi connectivity index (χ0n) is 15.2. The maximum atomic E-state index is 14.0. The van der Waals surface area contributed by atoms with Crippen molar-refractivity contribution < 1.29 is 18.7 Å². The van der Waals surface area contributed by atoms with Gasteiger partial charge in [-0.15, -0.1) is 5.10 Å². The van der Waals surface area contributed by atoms with Crippen LogP contribution in [-0.4, -0.2) is 69.7 Å². The number of aromatic nitrogens is 3. The predicted octanol–water partition coefficient (Wildman–Crippen LogP) is 0.782. The summed E-state index contributed by atoms with van der Waals surface area (Å²) in [5.41, 5.74) is 0.218. The Labute approximate surface area is 152 Å². The summed E-state index contributed by atoms with van der Waals surface area (Å²) in [7, 11) is 0. The highest BCUT2D eigenvalue weighted by Gasteiger charge is 2.38. The van der Waals surface area contributed by atoms with Gasteiger partial charge < -0.3 is 15.0 Å². The Hall–Kier alpha value is -2.03. The largest absolute Gasteiger partial charge is 0.381 e. The quantitative estimate of drug-likeness (QED) is 0.831. The molecule has 2 amide bonds. The second-order valence-electron chi connectivity index (χ2n) is 7.32. The fourth-order valence-corrected chi connectivity index (χ4v) is 3.53. The number of carbonyl (C=O) groups is 2. The Morgan fingerprint density at radius 3 is 2.81 bits per heavy atom. The van der Waals surface area contributed by atoms with E-state index < -0.39 is 6.17 Å². The van der Waals surface area contributed by atoms with E-state index in [1.165, 1.54) is 4.68 Å². The lowest BCUT2D eigenvalue weighted by Gasteiger charge is -2.30. The minimum atomic E-state index is -1.03. The van der Waals surface area contributed by atoms with E-state index in [4.69, 9.17) is 4.74 Å². The number of nitrogens with one attached hydrogen (secondary N) is 1. The van der Waals surface area contributed by atoms with Gasteiger partial charge in [-0.1, -0.05) is 5.21 Å². The molecule has 9 heteroatoms. The Morgan fingerprint density at radius 1 is 1.38 bits per heavy atom. The third kappa shape index (κ3) is 4.38. The molecule has 144 valence electrons. The number of alkyl halides is 1. The normalized spacial score (nSPS) is 24.2. The van der Waals surface area contributed by atoms with Crippen LogP contribution in [0.5, 0.6) is 0 Å². The molecule has 1 N–H and O–H groups in total. The molecule has 2 fully saturated rings. The summed E-state index contributed by atoms with van der Waals surface area (Å²) in [6, 6.07) is -0.273. The van der Waals surface area contributed by atoms with Crippen LogP contribution in [-0.2, 0) is 16.1 Å². The lowest BCUT2D eigenvalue weighted by Crippen LogP contribution is -2.43. The molecule has 1 aromatic heterocycles. The van der Waals surface area contributed by atoms with Crippen molar-refractivity contribution in [3.8, 4) is 0 Å². The molecule has 0 unspecified atom stereocenters. The molecule has 3 heterocycles. The number of halogens is 1. The number of carbonyl (C=O) groups excluding carboxylic acids is 2. The first-order valence-corrected chi connectivity index (χ1v) is 9.17. The lowest BCUT2D eigenvalue weighted by molar-refractivity contribution is -0.139. The van der Waals surface area contributed by atoms with E-state index in [9.17, 15) is 14.0 Å². The molecule has 0 radical (unpaired) electrons. The van der Waals surface area contributed by atoms with Crippen LogP contribution in [0.3, 0.4) is 0 Å². The maximum Gasteiger partial charge on any atom is 0.273 e. The second kappa shape index (κ2) is 8.11. The molecule has 8 nitrogen and oxygen atoms in total. The molecule has 2 saturated heterocycles. The SMILES string of the molecule is CC(C)NC(=O)c1cn(C[C@@H]2C[C@H](F)CN2C(=O)C2CCOCC2)nn1. The number of hydrogen-bond acceptors (Lipinski definition) is 5. The Morgan fingerprint density at radius 2 is 2.12 bits per heavy atom. The molecular weight excluding hydrogens is 341 g/mol. The number of amides is 2. The predicted molar refractivity (Wildman–Crippen MR) is 91.2 cm³/mol. The van der Waals surface area contributed by atoms with Gasteiger partial charge in [0.2, 0.25) is 5.91 Å². The third-order valence-corrected chi connectivity index (χ3v) is 4.81. The van der Waals surface area contributed by atoms with E-state index in [0.717, 1.165) is 0 Å². The van der Waals surface area contributed by atoms with Gasteiger partial charge in [0.05, 0.1) is 25.3 Å². The number of ether oxygens (including phenoxy) is 1. The van der Waals surface area contributed by atoms with E-state index in [-0.39, 0.29) is 48.5 Å². The number of hydrogen-bond donors (Lipinski definition) is 1. The summed E-state index contributed by atoms with van der Waals surface area (Å²) < 4.78 is 20.8. The van der Waals surface area contributed by atoms with Crippen molar-refractivity contribution in [1.82, 2.24) is 25.2 Å². The first-order valence-electron chi connectivity index (χ1n) is 9.17. The molecule has 0 aromatic carbocycles. The molecule has 3 rings (SSSR count). The number of rotatable bonds is 5. The Kier molecular flexibility index (Phi) is 5.85. The molecule has 1 aromatic rings. The molecule has 26 heavy (non-hydrogen) atoms. The molecule has 0 aliphatic carbocycles. The zero-order valence-corrected chi connectivity index (χ0v) is 15.2. The highest BCUT2D eigenvalue weighted by Crippen LogP contribution is 2.27. The summed E-state index contributed by atoms with van der Waals surface area (Å²) in [6.45, 7) is 5.33. The summed E-state index contributed by atoms with van der Waals surface area (Å²) in [4.78, 5) is 26.4. The van der Waals surface area contributed by atoms with Crippen LogP contribution in [0.15, 0.2) is 6.20 Å². The van der Waals surface area contributed by atoms with Crippen molar-refractivity contribution >= 4 is 11.8 Å². The molecule has 0 bridgehead atoms. The highest BCUT2D eigenvalue weighted by atomic mass is 19.1. The fourth-order valence-electron chi connectivity index (χ4n) is 3.53. The highest BCUT2D eigenvalue weighted by molar-refractivity contribution is 5.92. The van der Waals surface area contributed by atoms with Crippen LogP contribution < -0.4 is 5.32 Å². The molecule has 2 atom stereocenters. The van der Waals surface area contributed by atoms with E-state index >= 15 is 0 Å². The number of nitrogens with zero attached hydrogens (tertiary/aromatic N) is 4. The van der Waals surface area contributed by atoms with Crippen LogP contribution in [0, 0.1) is 5.92 Å². The molecule has 2 aliphatic rings. The molecule has 0 spiro atoms. The second-order valence-corrected chi connectivity index (χ2v) is 7.32. The van der Waals surface area contributed by atoms with Gasteiger partial charge in [-0.05, 0) is 26.7 Å². The van der Waals surface area contributed by atoms with E-state index in [2.05, 4.69) is 15.6 Å². The average Bonchev–Trinajstić information content (AvgIpc) is 3.21. The molecule has 2 aliphatic heterocycles. The molecule has 0 saturated carbocycles. The average molecular weight is 367 g/mol. The van der Waals surface area contributed by atoms with Gasteiger partial charge in [0.1, 0.15) is 6.17 Å². The smallest absolute Gasteiger partial charge is 0.273 e. The van der Waals surface area contributed by atoms with Crippen LogP contribution in [0.1, 0.15) is 43.6 Å². The van der Waals surface area contributed by atoms with Gasteiger partial charge in [0, 0.05) is 31.6 Å². The van der Waals surface area contributed by atoms with Gasteiger partial charge in [-0.3, -0.25) is 9.59 Å². The Balaban J connectivity index is 1.64. The van der Waals surface area contributed by atoms with Crippen molar-refractivity contribution in [2.45, 2.75) is 57.9 Å². The van der Waals surface area contributed by atoms with Gasteiger partial charge in [-0.2, -0.15) is 0 Å². The first kappa shape index (κ1) is 18.8. The maximum absolute atomic E-state index is 14.0. The summed E-state index contributed by atoms with van der Waals surface area (Å²) >= 11 is 0. The monoisotopic (exact) mass is 367 g/mol. The van der Waals surface area contributed by atoms with Gasteiger partial charge in [0.25, 0.3) is 5.91 Å². The van der Waals surface area contributed by atoms with Crippen LogP contribution in [0.2, 0.25) is 0 Å². The van der Waals surface area contributed by atoms with Crippen molar-refractivity contribution in [3.63, 3.8) is 0 Å². The lowest BCUT2D eigenvalue weighted by atomic mass is 9.98. The van der Waals surface area contributed by atoms with E-state index in [1.54, 1.807) is 11.1 Å². The van der Waals surface area contributed by atoms with Crippen LogP contribution >= 0.6 is 0 Å². The van der Waals surface area contributed by atoms with E-state index in [1.807, 2.05) is 13.8 Å². The van der Waals surface area contributed by atoms with Crippen molar-refractivity contribution in [2.24, 2.45) is 5.92 Å². The van der Waals surface area contributed by atoms with Crippen LogP contribution in [0.4, 0.5) is 4.39 Å². The minimum Gasteiger partial charge on any atom is -0.381 e. The topological polar surface area (TPSA) is 89.4 Å². The third-order valence-electron chi connectivity index (χ3n) is 4.81. The van der Waals surface area contributed by atoms with Gasteiger partial charge in [0.15, 0.2) is 5.69 Å². The zero-order chi connectivity index (χ0) is 18.7. The summed E-state index contributed by atoms with van der Waals surface area (Å²) in [6.07, 6.45) is 2.16. The summed E-state index contributed by atoms with van der Waals surface area (Å²) in [5, 5.41) is 10.6. The molecular formula is C17H26FN5O3. The van der Waals surface area contributed by atoms with Crippen molar-refractivity contribution in [3.05, 3.63) is 11.9 Å². The van der Waals surface area contributed by atoms with Crippen molar-refractivity contribution in [1.29, 1.82) is 0 Å². The van der Waals surface area contributed by atoms with Gasteiger partial charge in [-0.25, -0.2) is 9.07 Å². The van der Waals surface area contributed by atoms with Crippen LogP contribution in [0.25, 0.3) is 0 Å². The summed E-state index contributed by atoms with van der Waals surface area (Å²) in [5.74, 6) is -0.396. The van der Waals surface area contributed by atoms with Crippen molar-refractivity contribution in [2.75, 3.05) is 19.8 Å². The first-order chi connectivity index (χ1) is 12.4. The van der Waals surface area contributed by atoms with Gasteiger partial charge >= 0.3 is 0 Å².